The van der Waals surface area contributed by atoms with Gasteiger partial charge in [-0.05, 0) is 30.3 Å². The van der Waals surface area contributed by atoms with Crippen LogP contribution in [0.3, 0.4) is 0 Å². The summed E-state index contributed by atoms with van der Waals surface area (Å²) < 4.78 is 5.26. The van der Waals surface area contributed by atoms with Crippen LogP contribution in [0.4, 0.5) is 0 Å². The van der Waals surface area contributed by atoms with Crippen LogP contribution in [0, 0.1) is 0 Å². The van der Waals surface area contributed by atoms with E-state index in [1.807, 2.05) is 42.6 Å². The standard InChI is InChI=1S/C17H12N2O/c1-20-13-6-7-15-11(9-13)8-12-10-18-16-5-3-2-4-14(16)17(12)19-15/h2-10H,1H3. The lowest BCUT2D eigenvalue weighted by atomic mass is 10.1. The second-order valence-electron chi connectivity index (χ2n) is 4.76. The third kappa shape index (κ3) is 1.60. The van der Waals surface area contributed by atoms with Crippen LogP contribution in [-0.2, 0) is 0 Å². The van der Waals surface area contributed by atoms with E-state index in [0.29, 0.717) is 0 Å². The van der Waals surface area contributed by atoms with Crippen LogP contribution in [0.1, 0.15) is 0 Å². The lowest BCUT2D eigenvalue weighted by Crippen LogP contribution is -1.88. The predicted octanol–water partition coefficient (Wildman–Crippen LogP) is 3.94. The van der Waals surface area contributed by atoms with Crippen LogP contribution >= 0.6 is 0 Å². The molecule has 0 aliphatic carbocycles. The van der Waals surface area contributed by atoms with Crippen molar-refractivity contribution < 1.29 is 4.74 Å². The summed E-state index contributed by atoms with van der Waals surface area (Å²) in [5.41, 5.74) is 2.93. The Kier molecular flexibility index (Phi) is 2.33. The summed E-state index contributed by atoms with van der Waals surface area (Å²) in [6.07, 6.45) is 1.88. The monoisotopic (exact) mass is 260 g/mol. The van der Waals surface area contributed by atoms with Crippen molar-refractivity contribution in [3.05, 3.63) is 54.7 Å². The number of benzene rings is 2. The molecule has 0 amide bonds. The third-order valence-corrected chi connectivity index (χ3v) is 3.55. The highest BCUT2D eigenvalue weighted by molar-refractivity contribution is 6.06. The van der Waals surface area contributed by atoms with E-state index in [2.05, 4.69) is 17.1 Å². The number of hydrogen-bond donors (Lipinski definition) is 0. The van der Waals surface area contributed by atoms with Crippen molar-refractivity contribution in [2.24, 2.45) is 0 Å². The fourth-order valence-corrected chi connectivity index (χ4v) is 2.54. The molecular formula is C17H12N2O. The fourth-order valence-electron chi connectivity index (χ4n) is 2.54. The van der Waals surface area contributed by atoms with Gasteiger partial charge >= 0.3 is 0 Å². The van der Waals surface area contributed by atoms with Gasteiger partial charge in [-0.1, -0.05) is 18.2 Å². The molecule has 0 unspecified atom stereocenters. The van der Waals surface area contributed by atoms with Gasteiger partial charge in [0.05, 0.1) is 23.7 Å². The Morgan fingerprint density at radius 2 is 1.80 bits per heavy atom. The first kappa shape index (κ1) is 11.2. The molecule has 0 fully saturated rings. The lowest BCUT2D eigenvalue weighted by Gasteiger charge is -2.06. The van der Waals surface area contributed by atoms with Crippen LogP contribution in [0.2, 0.25) is 0 Å². The largest absolute Gasteiger partial charge is 0.497 e. The van der Waals surface area contributed by atoms with E-state index in [-0.39, 0.29) is 0 Å². The van der Waals surface area contributed by atoms with Crippen LogP contribution in [0.15, 0.2) is 54.7 Å². The molecule has 0 aliphatic rings. The predicted molar refractivity (Wildman–Crippen MR) is 81.1 cm³/mol. The SMILES string of the molecule is COc1ccc2nc3c(cnc4ccccc43)cc2c1. The van der Waals surface area contributed by atoms with E-state index >= 15 is 0 Å². The van der Waals surface area contributed by atoms with E-state index in [0.717, 1.165) is 38.5 Å². The molecule has 20 heavy (non-hydrogen) atoms. The molecule has 0 radical (unpaired) electrons. The first-order valence-corrected chi connectivity index (χ1v) is 6.47. The van der Waals surface area contributed by atoms with E-state index in [1.54, 1.807) is 7.11 Å². The fraction of sp³-hybridized carbons (Fsp3) is 0.0588. The van der Waals surface area contributed by atoms with Crippen molar-refractivity contribution in [3.63, 3.8) is 0 Å². The summed E-state index contributed by atoms with van der Waals surface area (Å²) in [7, 11) is 1.67. The molecule has 0 aliphatic heterocycles. The summed E-state index contributed by atoms with van der Waals surface area (Å²) in [5.74, 6) is 0.840. The Morgan fingerprint density at radius 1 is 0.900 bits per heavy atom. The second-order valence-corrected chi connectivity index (χ2v) is 4.76. The number of methoxy groups -OCH3 is 1. The molecule has 0 N–H and O–H groups in total. The molecule has 4 aromatic rings. The first-order valence-electron chi connectivity index (χ1n) is 6.47. The molecule has 0 atom stereocenters. The summed E-state index contributed by atoms with van der Waals surface area (Å²) in [4.78, 5) is 9.27. The minimum absolute atomic E-state index is 0.840. The van der Waals surface area contributed by atoms with Crippen molar-refractivity contribution in [1.82, 2.24) is 9.97 Å². The summed E-state index contributed by atoms with van der Waals surface area (Å²) >= 11 is 0. The van der Waals surface area contributed by atoms with Crippen molar-refractivity contribution in [2.45, 2.75) is 0 Å². The zero-order valence-electron chi connectivity index (χ0n) is 11.0. The van der Waals surface area contributed by atoms with Gasteiger partial charge in [0.1, 0.15) is 5.75 Å². The molecule has 0 bridgehead atoms. The minimum atomic E-state index is 0.840. The average Bonchev–Trinajstić information content (AvgIpc) is 2.52. The highest BCUT2D eigenvalue weighted by Crippen LogP contribution is 2.27. The van der Waals surface area contributed by atoms with Gasteiger partial charge in [-0.25, -0.2) is 4.98 Å². The topological polar surface area (TPSA) is 35.0 Å². The Hall–Kier alpha value is -2.68. The summed E-state index contributed by atoms with van der Waals surface area (Å²) in [6, 6.07) is 16.1. The maximum atomic E-state index is 5.26. The molecule has 3 nitrogen and oxygen atoms in total. The van der Waals surface area contributed by atoms with Crippen molar-refractivity contribution in [3.8, 4) is 5.75 Å². The smallest absolute Gasteiger partial charge is 0.119 e. The highest BCUT2D eigenvalue weighted by atomic mass is 16.5. The number of rotatable bonds is 1. The first-order chi connectivity index (χ1) is 9.85. The molecule has 2 aromatic heterocycles. The summed E-state index contributed by atoms with van der Waals surface area (Å²) in [6.45, 7) is 0. The van der Waals surface area contributed by atoms with Crippen LogP contribution in [0.25, 0.3) is 32.7 Å². The summed E-state index contributed by atoms with van der Waals surface area (Å²) in [5, 5.41) is 3.20. The number of ether oxygens (including phenoxy) is 1. The Balaban J connectivity index is 2.14. The van der Waals surface area contributed by atoms with E-state index in [1.165, 1.54) is 0 Å². The van der Waals surface area contributed by atoms with Crippen molar-refractivity contribution >= 4 is 32.7 Å². The van der Waals surface area contributed by atoms with Gasteiger partial charge in [-0.3, -0.25) is 4.98 Å². The van der Waals surface area contributed by atoms with Gasteiger partial charge in [0.15, 0.2) is 0 Å². The van der Waals surface area contributed by atoms with Crippen molar-refractivity contribution in [1.29, 1.82) is 0 Å². The number of aromatic nitrogens is 2. The number of para-hydroxylation sites is 1. The Morgan fingerprint density at radius 3 is 2.70 bits per heavy atom. The third-order valence-electron chi connectivity index (χ3n) is 3.55. The van der Waals surface area contributed by atoms with Crippen LogP contribution < -0.4 is 4.74 Å². The molecule has 0 spiro atoms. The number of fused-ring (bicyclic) bond motifs is 4. The molecule has 2 aromatic carbocycles. The van der Waals surface area contributed by atoms with Gasteiger partial charge in [-0.15, -0.1) is 0 Å². The van der Waals surface area contributed by atoms with Crippen molar-refractivity contribution in [2.75, 3.05) is 7.11 Å². The number of pyridine rings is 2. The normalized spacial score (nSPS) is 11.2. The molecule has 0 saturated carbocycles. The van der Waals surface area contributed by atoms with Gasteiger partial charge in [0.2, 0.25) is 0 Å². The van der Waals surface area contributed by atoms with Gasteiger partial charge in [0, 0.05) is 22.4 Å². The number of nitrogens with zero attached hydrogens (tertiary/aromatic N) is 2. The van der Waals surface area contributed by atoms with Gasteiger partial charge in [0.25, 0.3) is 0 Å². The molecule has 0 saturated heterocycles. The van der Waals surface area contributed by atoms with Gasteiger partial charge in [-0.2, -0.15) is 0 Å². The average molecular weight is 260 g/mol. The van der Waals surface area contributed by atoms with Crippen LogP contribution in [-0.4, -0.2) is 17.1 Å². The lowest BCUT2D eigenvalue weighted by molar-refractivity contribution is 0.415. The quantitative estimate of drug-likeness (QED) is 0.384. The zero-order valence-corrected chi connectivity index (χ0v) is 11.0. The van der Waals surface area contributed by atoms with E-state index in [9.17, 15) is 0 Å². The highest BCUT2D eigenvalue weighted by Gasteiger charge is 2.05. The molecule has 96 valence electrons. The van der Waals surface area contributed by atoms with E-state index in [4.69, 9.17) is 9.72 Å². The molecule has 2 heterocycles. The van der Waals surface area contributed by atoms with E-state index < -0.39 is 0 Å². The maximum Gasteiger partial charge on any atom is 0.119 e. The zero-order chi connectivity index (χ0) is 13.5. The molecule has 3 heteroatoms. The molecule has 4 rings (SSSR count). The molecular weight excluding hydrogens is 248 g/mol. The minimum Gasteiger partial charge on any atom is -0.497 e. The number of hydrogen-bond acceptors (Lipinski definition) is 3. The Labute approximate surface area is 115 Å². The Bertz CT molecular complexity index is 947. The van der Waals surface area contributed by atoms with Gasteiger partial charge < -0.3 is 4.74 Å². The maximum absolute atomic E-state index is 5.26. The van der Waals surface area contributed by atoms with Crippen LogP contribution in [0.5, 0.6) is 5.75 Å². The second kappa shape index (κ2) is 4.17.